The second kappa shape index (κ2) is 12.8. The molecular formula is C53H33N5. The third-order valence-corrected chi connectivity index (χ3v) is 11.6. The van der Waals surface area contributed by atoms with Gasteiger partial charge in [0.1, 0.15) is 0 Å². The van der Waals surface area contributed by atoms with Gasteiger partial charge in [-0.15, -0.1) is 0 Å². The topological polar surface area (TPSA) is 48.5 Å². The van der Waals surface area contributed by atoms with Crippen molar-refractivity contribution >= 4 is 65.2 Å². The van der Waals surface area contributed by atoms with Crippen LogP contribution in [0.25, 0.3) is 111 Å². The Labute approximate surface area is 333 Å². The van der Waals surface area contributed by atoms with Crippen LogP contribution in [0.4, 0.5) is 0 Å². The third kappa shape index (κ3) is 5.00. The van der Waals surface area contributed by atoms with Gasteiger partial charge in [0.25, 0.3) is 0 Å². The summed E-state index contributed by atoms with van der Waals surface area (Å²) in [5.41, 5.74) is 9.48. The van der Waals surface area contributed by atoms with Crippen molar-refractivity contribution in [1.82, 2.24) is 24.1 Å². The Balaban J connectivity index is 1.07. The van der Waals surface area contributed by atoms with E-state index < -0.39 is 0 Å². The van der Waals surface area contributed by atoms with Crippen LogP contribution in [0.1, 0.15) is 0 Å². The maximum Gasteiger partial charge on any atom is 0.238 e. The molecule has 12 rings (SSSR count). The molecule has 5 heteroatoms. The summed E-state index contributed by atoms with van der Waals surface area (Å²) in [6.45, 7) is 0. The highest BCUT2D eigenvalue weighted by molar-refractivity contribution is 6.11. The summed E-state index contributed by atoms with van der Waals surface area (Å²) < 4.78 is 4.52. The summed E-state index contributed by atoms with van der Waals surface area (Å²) in [5.74, 6) is 1.78. The molecule has 0 N–H and O–H groups in total. The predicted octanol–water partition coefficient (Wildman–Crippen LogP) is 13.4. The van der Waals surface area contributed by atoms with Gasteiger partial charge >= 0.3 is 0 Å². The molecule has 0 atom stereocenters. The van der Waals surface area contributed by atoms with Crippen molar-refractivity contribution in [2.24, 2.45) is 0 Å². The molecular weight excluding hydrogens is 707 g/mol. The Hall–Kier alpha value is -7.89. The molecule has 0 bridgehead atoms. The van der Waals surface area contributed by atoms with E-state index in [9.17, 15) is 0 Å². The van der Waals surface area contributed by atoms with Crippen molar-refractivity contribution < 1.29 is 0 Å². The largest absolute Gasteiger partial charge is 0.309 e. The fourth-order valence-electron chi connectivity index (χ4n) is 8.89. The zero-order valence-electron chi connectivity index (χ0n) is 31.3. The predicted molar refractivity (Wildman–Crippen MR) is 240 cm³/mol. The van der Waals surface area contributed by atoms with Crippen molar-refractivity contribution in [3.8, 4) is 45.5 Å². The van der Waals surface area contributed by atoms with Gasteiger partial charge in [0.05, 0.1) is 27.8 Å². The summed E-state index contributed by atoms with van der Waals surface area (Å²) >= 11 is 0. The fraction of sp³-hybridized carbons (Fsp3) is 0. The average Bonchev–Trinajstić information content (AvgIpc) is 3.82. The average molecular weight is 740 g/mol. The van der Waals surface area contributed by atoms with Crippen molar-refractivity contribution in [1.29, 1.82) is 0 Å². The quantitative estimate of drug-likeness (QED) is 0.165. The van der Waals surface area contributed by atoms with Crippen molar-refractivity contribution in [3.63, 3.8) is 0 Å². The lowest BCUT2D eigenvalue weighted by atomic mass is 9.97. The minimum absolute atomic E-state index is 0.569. The number of aromatic nitrogens is 5. The molecule has 0 aliphatic rings. The molecule has 0 fully saturated rings. The Morgan fingerprint density at radius 1 is 0.293 bits per heavy atom. The second-order valence-electron chi connectivity index (χ2n) is 14.8. The van der Waals surface area contributed by atoms with Crippen LogP contribution in [-0.4, -0.2) is 24.1 Å². The number of rotatable bonds is 5. The molecule has 0 radical (unpaired) electrons. The number of para-hydroxylation sites is 5. The number of hydrogen-bond donors (Lipinski definition) is 0. The van der Waals surface area contributed by atoms with Crippen LogP contribution in [0.5, 0.6) is 0 Å². The van der Waals surface area contributed by atoms with Crippen LogP contribution in [-0.2, 0) is 0 Å². The van der Waals surface area contributed by atoms with Gasteiger partial charge in [-0.05, 0) is 75.1 Å². The minimum Gasteiger partial charge on any atom is -0.309 e. The summed E-state index contributed by atoms with van der Waals surface area (Å²) in [7, 11) is 0. The molecule has 0 amide bonds. The molecule has 3 heterocycles. The lowest BCUT2D eigenvalue weighted by Gasteiger charge is -2.15. The zero-order valence-corrected chi connectivity index (χ0v) is 31.3. The van der Waals surface area contributed by atoms with Gasteiger partial charge in [-0.3, -0.25) is 4.57 Å². The van der Waals surface area contributed by atoms with Gasteiger partial charge in [0, 0.05) is 32.7 Å². The molecule has 5 nitrogen and oxygen atoms in total. The maximum atomic E-state index is 5.35. The van der Waals surface area contributed by atoms with Crippen LogP contribution >= 0.6 is 0 Å². The molecule has 0 aliphatic carbocycles. The molecule has 58 heavy (non-hydrogen) atoms. The highest BCUT2D eigenvalue weighted by Crippen LogP contribution is 2.38. The summed E-state index contributed by atoms with van der Waals surface area (Å²) in [6.07, 6.45) is 0. The first-order chi connectivity index (χ1) is 28.8. The second-order valence-corrected chi connectivity index (χ2v) is 14.8. The highest BCUT2D eigenvalue weighted by Gasteiger charge is 2.21. The fourth-order valence-corrected chi connectivity index (χ4v) is 8.89. The molecule has 0 aliphatic heterocycles. The normalized spacial score (nSPS) is 11.8. The first-order valence-corrected chi connectivity index (χ1v) is 19.6. The number of hydrogen-bond acceptors (Lipinski definition) is 3. The zero-order chi connectivity index (χ0) is 38.2. The first kappa shape index (κ1) is 32.4. The maximum absolute atomic E-state index is 5.35. The van der Waals surface area contributed by atoms with Crippen LogP contribution in [0, 0.1) is 0 Å². The summed E-state index contributed by atoms with van der Waals surface area (Å²) in [5, 5.41) is 9.70. The van der Waals surface area contributed by atoms with E-state index in [4.69, 9.17) is 15.0 Å². The van der Waals surface area contributed by atoms with Gasteiger partial charge in [-0.25, -0.2) is 4.98 Å². The van der Waals surface area contributed by atoms with Crippen LogP contribution in [0.15, 0.2) is 200 Å². The standard InChI is InChI=1S/C53H33N5/c1-2-14-39-35(13-1)27-28-36-29-32-38(33-45(36)39)34-25-30-37(31-26-34)51-54-52(56-53(55-51)58-48-22-10-5-17-42(48)43-18-6-11-23-49(43)58)44-19-7-12-24-50(44)57-46-20-8-3-15-40(46)41-16-4-9-21-47(41)57/h1-33H. The van der Waals surface area contributed by atoms with E-state index in [-0.39, 0.29) is 0 Å². The monoisotopic (exact) mass is 739 g/mol. The molecule has 0 spiro atoms. The molecule has 0 saturated heterocycles. The third-order valence-electron chi connectivity index (χ3n) is 11.6. The Morgan fingerprint density at radius 3 is 1.38 bits per heavy atom. The molecule has 12 aromatic rings. The van der Waals surface area contributed by atoms with Crippen LogP contribution in [0.3, 0.4) is 0 Å². The van der Waals surface area contributed by atoms with Gasteiger partial charge < -0.3 is 4.57 Å². The smallest absolute Gasteiger partial charge is 0.238 e. The number of fused-ring (bicyclic) bond motifs is 9. The van der Waals surface area contributed by atoms with Gasteiger partial charge in [-0.1, -0.05) is 158 Å². The van der Waals surface area contributed by atoms with E-state index in [2.05, 4.69) is 209 Å². The highest BCUT2D eigenvalue weighted by atomic mass is 15.2. The van der Waals surface area contributed by atoms with Gasteiger partial charge in [0.15, 0.2) is 11.6 Å². The van der Waals surface area contributed by atoms with E-state index in [0.717, 1.165) is 60.8 Å². The molecule has 270 valence electrons. The Bertz CT molecular complexity index is 3470. The van der Waals surface area contributed by atoms with Crippen LogP contribution < -0.4 is 0 Å². The van der Waals surface area contributed by atoms with Crippen LogP contribution in [0.2, 0.25) is 0 Å². The van der Waals surface area contributed by atoms with E-state index >= 15 is 0 Å². The molecule has 3 aromatic heterocycles. The first-order valence-electron chi connectivity index (χ1n) is 19.6. The van der Waals surface area contributed by atoms with E-state index in [1.807, 2.05) is 0 Å². The SMILES string of the molecule is c1ccc(-n2c3ccccc3c3ccccc32)c(-c2nc(-c3ccc(-c4ccc5ccc6ccccc6c5c4)cc3)nc(-n3c4ccccc4c4ccccc43)n2)c1. The molecule has 0 saturated carbocycles. The van der Waals surface area contributed by atoms with E-state index in [1.165, 1.54) is 32.3 Å². The van der Waals surface area contributed by atoms with Gasteiger partial charge in [0.2, 0.25) is 5.95 Å². The lowest BCUT2D eigenvalue weighted by molar-refractivity contribution is 0.951. The Morgan fingerprint density at radius 2 is 0.741 bits per heavy atom. The molecule has 0 unspecified atom stereocenters. The molecule has 9 aromatic carbocycles. The number of nitrogens with zero attached hydrogens (tertiary/aromatic N) is 5. The van der Waals surface area contributed by atoms with Crippen molar-refractivity contribution in [3.05, 3.63) is 200 Å². The van der Waals surface area contributed by atoms with Crippen molar-refractivity contribution in [2.75, 3.05) is 0 Å². The van der Waals surface area contributed by atoms with Gasteiger partial charge in [-0.2, -0.15) is 9.97 Å². The van der Waals surface area contributed by atoms with E-state index in [1.54, 1.807) is 0 Å². The van der Waals surface area contributed by atoms with E-state index in [0.29, 0.717) is 17.6 Å². The lowest BCUT2D eigenvalue weighted by Crippen LogP contribution is -2.07. The summed E-state index contributed by atoms with van der Waals surface area (Å²) in [6, 6.07) is 70.9. The minimum atomic E-state index is 0.569. The number of benzene rings is 9. The summed E-state index contributed by atoms with van der Waals surface area (Å²) in [4.78, 5) is 15.9. The van der Waals surface area contributed by atoms with Crippen molar-refractivity contribution in [2.45, 2.75) is 0 Å². The Kier molecular flexibility index (Phi) is 7.16.